The number of hydrogen-bond donors (Lipinski definition) is 0. The normalized spacial score (nSPS) is 13.6. The Kier molecular flexibility index (Phi) is 7.05. The first-order valence-corrected chi connectivity index (χ1v) is 22.7. The molecule has 0 unspecified atom stereocenters. The minimum absolute atomic E-state index is 0. The average Bonchev–Trinajstić information content (AvgIpc) is 4.12. The van der Waals surface area contributed by atoms with Gasteiger partial charge in [0.2, 0.25) is 11.6 Å². The van der Waals surface area contributed by atoms with Gasteiger partial charge in [0.05, 0.1) is 44.1 Å². The van der Waals surface area contributed by atoms with Gasteiger partial charge in [-0.3, -0.25) is 8.80 Å². The molecule has 4 aliphatic heterocycles. The Labute approximate surface area is 402 Å². The first-order chi connectivity index (χ1) is 33.2. The van der Waals surface area contributed by atoms with Crippen molar-refractivity contribution < 1.29 is 30.5 Å². The predicted octanol–water partition coefficient (Wildman–Crippen LogP) is 8.11. The largest absolute Gasteiger partial charge is 2.00 e. The summed E-state index contributed by atoms with van der Waals surface area (Å²) < 4.78 is 22.9. The average molecular weight is 1050 g/mol. The summed E-state index contributed by atoms with van der Waals surface area (Å²) in [5.41, 5.74) is 19.7. The molecule has 0 saturated heterocycles. The maximum absolute atomic E-state index is 6.95. The van der Waals surface area contributed by atoms with Crippen molar-refractivity contribution in [3.05, 3.63) is 188 Å². The van der Waals surface area contributed by atoms with Crippen molar-refractivity contribution >= 4 is 119 Å². The number of ether oxygens (including phenoxy) is 2. The Morgan fingerprint density at radius 3 is 1.29 bits per heavy atom. The molecule has 0 bridgehead atoms. The molecule has 68 heavy (non-hydrogen) atoms. The first kappa shape index (κ1) is 36.9. The van der Waals surface area contributed by atoms with Crippen LogP contribution in [0.5, 0.6) is 23.0 Å². The van der Waals surface area contributed by atoms with Gasteiger partial charge in [-0.05, 0) is 82.5 Å². The van der Waals surface area contributed by atoms with E-state index >= 15 is 0 Å². The van der Waals surface area contributed by atoms with Crippen LogP contribution in [-0.4, -0.2) is 41.3 Å². The quantitative estimate of drug-likeness (QED) is 0.130. The number of aromatic nitrogens is 6. The van der Waals surface area contributed by atoms with Gasteiger partial charge in [-0.15, -0.1) is 35.2 Å². The standard InChI is InChI=1S/C56H29B2N7O2.Pt/c1-11-23-48-36(13-1)57-34-27-25-32(61-42-19-7-9-21-44(42)64-40-17-5-3-15-38(40)59-55(61)64)29-46(34)63-47-30-33(62-43-20-8-10-22-45(43)65-41-18-6-4-16-39(41)60-56(62)65)26-28-35(47)58-37-14-2-12-24-49(37)67-51-31-50(66-48)52(57)54(63)53(51)58;/h1-28,31H;/q-2;+2. The van der Waals surface area contributed by atoms with Gasteiger partial charge in [0.15, 0.2) is 13.4 Å². The van der Waals surface area contributed by atoms with Gasteiger partial charge < -0.3 is 23.5 Å². The fraction of sp³-hybridized carbons (Fsp3) is 0. The van der Waals surface area contributed by atoms with Crippen molar-refractivity contribution in [3.63, 3.8) is 0 Å². The first-order valence-electron chi connectivity index (χ1n) is 22.7. The maximum Gasteiger partial charge on any atom is 2.00 e. The summed E-state index contributed by atoms with van der Waals surface area (Å²) in [5.74, 6) is 4.93. The van der Waals surface area contributed by atoms with E-state index in [4.69, 9.17) is 19.4 Å². The van der Waals surface area contributed by atoms with Crippen LogP contribution in [0.2, 0.25) is 0 Å². The van der Waals surface area contributed by atoms with E-state index in [1.54, 1.807) is 0 Å². The molecule has 4 aromatic heterocycles. The van der Waals surface area contributed by atoms with Crippen LogP contribution in [0.1, 0.15) is 0 Å². The topological polar surface area (TPSA) is 66.2 Å². The summed E-state index contributed by atoms with van der Waals surface area (Å²) in [7, 11) is 0. The van der Waals surface area contributed by atoms with Crippen LogP contribution in [0, 0.1) is 12.1 Å². The van der Waals surface area contributed by atoms with Gasteiger partial charge in [0.1, 0.15) is 23.0 Å². The third-order valence-electron chi connectivity index (χ3n) is 14.6. The smallest absolute Gasteiger partial charge is 0.458 e. The molecule has 9 nitrogen and oxygen atoms in total. The zero-order valence-corrected chi connectivity index (χ0v) is 37.9. The molecule has 0 N–H and O–H groups in total. The van der Waals surface area contributed by atoms with Gasteiger partial charge in [-0.2, -0.15) is 12.1 Å². The van der Waals surface area contributed by atoms with E-state index in [2.05, 4.69) is 211 Å². The molecule has 0 aliphatic carbocycles. The molecule has 0 atom stereocenters. The van der Waals surface area contributed by atoms with E-state index in [-0.39, 0.29) is 34.5 Å². The van der Waals surface area contributed by atoms with Crippen LogP contribution < -0.4 is 47.2 Å². The van der Waals surface area contributed by atoms with Crippen LogP contribution in [0.3, 0.4) is 0 Å². The zero-order chi connectivity index (χ0) is 43.2. The molecular weight excluding hydrogens is 1020 g/mol. The molecular formula is C56H29B2N7O2Pt. The molecule has 9 aromatic carbocycles. The fourth-order valence-corrected chi connectivity index (χ4v) is 12.0. The number of imidazole rings is 4. The fourth-order valence-electron chi connectivity index (χ4n) is 12.0. The molecule has 0 radical (unpaired) electrons. The Balaban J connectivity index is 0.00000405. The summed E-state index contributed by atoms with van der Waals surface area (Å²) in [6.45, 7) is -0.277. The Morgan fingerprint density at radius 1 is 0.397 bits per heavy atom. The minimum atomic E-state index is -0.139. The van der Waals surface area contributed by atoms with Crippen molar-refractivity contribution in [1.29, 1.82) is 0 Å². The molecule has 12 heteroatoms. The van der Waals surface area contributed by atoms with Crippen LogP contribution in [-0.2, 0) is 21.1 Å². The summed E-state index contributed by atoms with van der Waals surface area (Å²) in [6, 6.07) is 70.1. The van der Waals surface area contributed by atoms with Gasteiger partial charge >= 0.3 is 21.1 Å². The number of nitrogens with zero attached hydrogens (tertiary/aromatic N) is 7. The van der Waals surface area contributed by atoms with Crippen molar-refractivity contribution in [3.8, 4) is 34.4 Å². The van der Waals surface area contributed by atoms with E-state index in [0.29, 0.717) is 0 Å². The second-order valence-electron chi connectivity index (χ2n) is 17.9. The predicted molar refractivity (Wildman–Crippen MR) is 267 cm³/mol. The van der Waals surface area contributed by atoms with E-state index in [1.165, 1.54) is 0 Å². The van der Waals surface area contributed by atoms with Crippen molar-refractivity contribution in [2.45, 2.75) is 0 Å². The van der Waals surface area contributed by atoms with Crippen molar-refractivity contribution in [1.82, 2.24) is 27.9 Å². The Hall–Kier alpha value is -8.26. The number of benzene rings is 9. The molecule has 13 aromatic rings. The SMILES string of the molecule is [Pt+2].[c-]1c(-n2c3ccccc3n3c4ccccc4nc23)ccc2c1N1c3[c-]c(-n4c5ccccc5n5c6ccccc6nc45)ccc3B3c4ccccc4Oc4cc5c(c1c43)B2c1ccccc1O5. The second kappa shape index (κ2) is 13.0. The van der Waals surface area contributed by atoms with Gasteiger partial charge in [0.25, 0.3) is 0 Å². The molecule has 0 saturated carbocycles. The maximum atomic E-state index is 6.95. The summed E-state index contributed by atoms with van der Waals surface area (Å²) in [5, 5.41) is 0. The number of rotatable bonds is 2. The van der Waals surface area contributed by atoms with Gasteiger partial charge in [-0.25, -0.2) is 9.97 Å². The van der Waals surface area contributed by atoms with Crippen LogP contribution >= 0.6 is 0 Å². The van der Waals surface area contributed by atoms with E-state index in [9.17, 15) is 0 Å². The van der Waals surface area contributed by atoms with Gasteiger partial charge in [0, 0.05) is 11.8 Å². The summed E-state index contributed by atoms with van der Waals surface area (Å²) in [4.78, 5) is 12.9. The second-order valence-corrected chi connectivity index (χ2v) is 17.9. The number of anilines is 3. The van der Waals surface area contributed by atoms with E-state index < -0.39 is 0 Å². The molecule has 0 spiro atoms. The Morgan fingerprint density at radius 2 is 0.809 bits per heavy atom. The van der Waals surface area contributed by atoms with Gasteiger partial charge in [-0.1, -0.05) is 108 Å². The van der Waals surface area contributed by atoms with Crippen molar-refractivity contribution in [2.24, 2.45) is 0 Å². The monoisotopic (exact) mass is 1050 g/mol. The third-order valence-corrected chi connectivity index (χ3v) is 14.6. The zero-order valence-electron chi connectivity index (χ0n) is 35.7. The molecule has 0 amide bonds. The third kappa shape index (κ3) is 4.48. The molecule has 316 valence electrons. The van der Waals surface area contributed by atoms with Crippen molar-refractivity contribution in [2.75, 3.05) is 4.90 Å². The number of hydrogen-bond acceptors (Lipinski definition) is 5. The Bertz CT molecular complexity index is 4140. The molecule has 0 fully saturated rings. The molecule has 17 rings (SSSR count). The van der Waals surface area contributed by atoms with Crippen LogP contribution in [0.25, 0.3) is 67.1 Å². The molecule has 8 heterocycles. The van der Waals surface area contributed by atoms with Crippen LogP contribution in [0.15, 0.2) is 176 Å². The number of para-hydroxylation sites is 10. The minimum Gasteiger partial charge on any atom is -0.458 e. The van der Waals surface area contributed by atoms with E-state index in [0.717, 1.165) is 140 Å². The number of fused-ring (bicyclic) bond motifs is 20. The molecule has 4 aliphatic rings. The summed E-state index contributed by atoms with van der Waals surface area (Å²) in [6.07, 6.45) is 0. The van der Waals surface area contributed by atoms with E-state index in [1.807, 2.05) is 0 Å². The summed E-state index contributed by atoms with van der Waals surface area (Å²) >= 11 is 0. The van der Waals surface area contributed by atoms with Crippen LogP contribution in [0.4, 0.5) is 17.1 Å².